The molecule has 5 heteroatoms. The van der Waals surface area contributed by atoms with E-state index in [0.717, 1.165) is 35.3 Å². The normalized spacial score (nSPS) is 26.9. The number of H-pyrrole nitrogens is 1. The smallest absolute Gasteiger partial charge is 0.156 e. The maximum Gasteiger partial charge on any atom is 0.156 e. The first kappa shape index (κ1) is 11.9. The monoisotopic (exact) mass is 269 g/mol. The highest BCUT2D eigenvalue weighted by Crippen LogP contribution is 2.40. The minimum atomic E-state index is 0.309. The quantitative estimate of drug-likeness (QED) is 0.712. The number of hydrogen-bond acceptors (Lipinski definition) is 3. The third kappa shape index (κ3) is 1.53. The Hall–Kier alpha value is -1.88. The lowest BCUT2D eigenvalue weighted by molar-refractivity contribution is 0.517. The molecule has 0 aliphatic heterocycles. The van der Waals surface area contributed by atoms with Crippen LogP contribution < -0.4 is 5.73 Å². The van der Waals surface area contributed by atoms with Crippen LogP contribution in [0.3, 0.4) is 0 Å². The Labute approximate surface area is 117 Å². The zero-order chi connectivity index (χ0) is 13.9. The number of nitrogens with two attached hydrogens (primary N) is 1. The highest BCUT2D eigenvalue weighted by Gasteiger charge is 2.34. The first-order valence-electron chi connectivity index (χ1n) is 7.21. The zero-order valence-corrected chi connectivity index (χ0v) is 11.8. The summed E-state index contributed by atoms with van der Waals surface area (Å²) in [7, 11) is 0. The number of imidazole rings is 1. The molecular weight excluding hydrogens is 250 g/mol. The molecule has 0 spiro atoms. The standard InChI is InChI=1S/C15H19N5/c1-8-5-10(16)6-11(8)14-9(2)19-13-7-18-15-12(20(13)14)3-4-17-15/h3-4,7-8,10-11,17H,5-6,16H2,1-2H3/t8-,10+,11+/m1/s1. The summed E-state index contributed by atoms with van der Waals surface area (Å²) in [5, 5.41) is 0. The number of aryl methyl sites for hydroxylation is 1. The lowest BCUT2D eigenvalue weighted by atomic mass is 9.93. The van der Waals surface area contributed by atoms with Crippen LogP contribution in [0.15, 0.2) is 18.5 Å². The highest BCUT2D eigenvalue weighted by atomic mass is 15.1. The molecule has 3 aromatic heterocycles. The molecule has 0 bridgehead atoms. The summed E-state index contributed by atoms with van der Waals surface area (Å²) in [5.74, 6) is 1.09. The Bertz CT molecular complexity index is 784. The van der Waals surface area contributed by atoms with Crippen molar-refractivity contribution in [1.29, 1.82) is 0 Å². The number of aromatic amines is 1. The molecule has 104 valence electrons. The van der Waals surface area contributed by atoms with Crippen LogP contribution in [-0.2, 0) is 0 Å². The molecule has 3 heterocycles. The van der Waals surface area contributed by atoms with E-state index in [1.807, 2.05) is 12.4 Å². The number of hydrogen-bond donors (Lipinski definition) is 2. The molecule has 4 rings (SSSR count). The summed E-state index contributed by atoms with van der Waals surface area (Å²) in [6.07, 6.45) is 5.91. The summed E-state index contributed by atoms with van der Waals surface area (Å²) in [6.45, 7) is 4.39. The van der Waals surface area contributed by atoms with Gasteiger partial charge in [0.25, 0.3) is 0 Å². The van der Waals surface area contributed by atoms with Gasteiger partial charge in [-0.2, -0.15) is 0 Å². The lowest BCUT2D eigenvalue weighted by Gasteiger charge is -2.16. The van der Waals surface area contributed by atoms with Crippen LogP contribution in [0.4, 0.5) is 0 Å². The number of fused-ring (bicyclic) bond motifs is 3. The second-order valence-electron chi connectivity index (χ2n) is 6.06. The van der Waals surface area contributed by atoms with Crippen LogP contribution in [0.1, 0.15) is 37.1 Å². The molecule has 0 aromatic carbocycles. The molecule has 0 unspecified atom stereocenters. The maximum atomic E-state index is 6.16. The van der Waals surface area contributed by atoms with Crippen molar-refractivity contribution >= 4 is 16.8 Å². The molecule has 1 fully saturated rings. The van der Waals surface area contributed by atoms with Crippen molar-refractivity contribution in [3.63, 3.8) is 0 Å². The number of nitrogens with one attached hydrogen (secondary N) is 1. The van der Waals surface area contributed by atoms with E-state index >= 15 is 0 Å². The van der Waals surface area contributed by atoms with E-state index in [4.69, 9.17) is 10.7 Å². The minimum Gasteiger partial charge on any atom is -0.345 e. The van der Waals surface area contributed by atoms with Crippen molar-refractivity contribution in [2.45, 2.75) is 38.6 Å². The van der Waals surface area contributed by atoms with Gasteiger partial charge in [-0.15, -0.1) is 0 Å². The molecule has 5 nitrogen and oxygen atoms in total. The van der Waals surface area contributed by atoms with Crippen LogP contribution in [0.2, 0.25) is 0 Å². The summed E-state index contributed by atoms with van der Waals surface area (Å²) in [6, 6.07) is 2.38. The minimum absolute atomic E-state index is 0.309. The SMILES string of the molecule is Cc1nc2cnc3[nH]ccc3n2c1[C@H]1C[C@@H](N)C[C@H]1C. The van der Waals surface area contributed by atoms with Crippen molar-refractivity contribution in [3.05, 3.63) is 29.8 Å². The van der Waals surface area contributed by atoms with Gasteiger partial charge in [0.05, 0.1) is 17.4 Å². The van der Waals surface area contributed by atoms with Crippen LogP contribution >= 0.6 is 0 Å². The van der Waals surface area contributed by atoms with E-state index in [0.29, 0.717) is 17.9 Å². The molecule has 0 saturated heterocycles. The van der Waals surface area contributed by atoms with Gasteiger partial charge in [0, 0.05) is 23.9 Å². The molecule has 1 aliphatic carbocycles. The number of aromatic nitrogens is 4. The lowest BCUT2D eigenvalue weighted by Crippen LogP contribution is -2.15. The van der Waals surface area contributed by atoms with Gasteiger partial charge in [0.1, 0.15) is 0 Å². The molecule has 1 saturated carbocycles. The molecule has 3 aromatic rings. The fraction of sp³-hybridized carbons (Fsp3) is 0.467. The van der Waals surface area contributed by atoms with Crippen molar-refractivity contribution in [2.75, 3.05) is 0 Å². The first-order valence-corrected chi connectivity index (χ1v) is 7.21. The van der Waals surface area contributed by atoms with Crippen molar-refractivity contribution in [2.24, 2.45) is 11.7 Å². The van der Waals surface area contributed by atoms with E-state index in [2.05, 4.69) is 34.3 Å². The van der Waals surface area contributed by atoms with Gasteiger partial charge in [-0.25, -0.2) is 9.97 Å². The average molecular weight is 269 g/mol. The second-order valence-corrected chi connectivity index (χ2v) is 6.06. The van der Waals surface area contributed by atoms with Gasteiger partial charge in [-0.1, -0.05) is 6.92 Å². The Balaban J connectivity index is 2.02. The van der Waals surface area contributed by atoms with Gasteiger partial charge in [-0.3, -0.25) is 4.40 Å². The Morgan fingerprint density at radius 1 is 1.40 bits per heavy atom. The highest BCUT2D eigenvalue weighted by molar-refractivity contribution is 5.75. The van der Waals surface area contributed by atoms with Crippen molar-refractivity contribution in [3.8, 4) is 0 Å². The topological polar surface area (TPSA) is 72.0 Å². The fourth-order valence-electron chi connectivity index (χ4n) is 3.77. The molecule has 20 heavy (non-hydrogen) atoms. The van der Waals surface area contributed by atoms with Crippen LogP contribution in [-0.4, -0.2) is 25.4 Å². The number of nitrogens with zero attached hydrogens (tertiary/aromatic N) is 3. The Morgan fingerprint density at radius 3 is 3.00 bits per heavy atom. The van der Waals surface area contributed by atoms with E-state index in [1.165, 1.54) is 5.69 Å². The molecule has 0 amide bonds. The third-order valence-corrected chi connectivity index (χ3v) is 4.65. The average Bonchev–Trinajstić information content (AvgIpc) is 3.05. The van der Waals surface area contributed by atoms with Crippen LogP contribution in [0.5, 0.6) is 0 Å². The predicted octanol–water partition coefficient (Wildman–Crippen LogP) is 2.36. The summed E-state index contributed by atoms with van der Waals surface area (Å²) >= 11 is 0. The van der Waals surface area contributed by atoms with Crippen molar-refractivity contribution in [1.82, 2.24) is 19.4 Å². The third-order valence-electron chi connectivity index (χ3n) is 4.65. The summed E-state index contributed by atoms with van der Waals surface area (Å²) < 4.78 is 2.26. The van der Waals surface area contributed by atoms with E-state index in [9.17, 15) is 0 Å². The zero-order valence-electron chi connectivity index (χ0n) is 11.8. The summed E-state index contributed by atoms with van der Waals surface area (Å²) in [4.78, 5) is 12.3. The molecule has 1 aliphatic rings. The van der Waals surface area contributed by atoms with Crippen LogP contribution in [0.25, 0.3) is 16.8 Å². The second kappa shape index (κ2) is 4.06. The van der Waals surface area contributed by atoms with Gasteiger partial charge < -0.3 is 10.7 Å². The van der Waals surface area contributed by atoms with Gasteiger partial charge >= 0.3 is 0 Å². The summed E-state index contributed by atoms with van der Waals surface area (Å²) in [5.41, 5.74) is 11.5. The maximum absolute atomic E-state index is 6.16. The Morgan fingerprint density at radius 2 is 2.25 bits per heavy atom. The number of rotatable bonds is 1. The fourth-order valence-corrected chi connectivity index (χ4v) is 3.77. The van der Waals surface area contributed by atoms with Gasteiger partial charge in [0.2, 0.25) is 0 Å². The van der Waals surface area contributed by atoms with E-state index < -0.39 is 0 Å². The largest absolute Gasteiger partial charge is 0.345 e. The Kier molecular flexibility index (Phi) is 2.41. The molecular formula is C15H19N5. The van der Waals surface area contributed by atoms with E-state index in [1.54, 1.807) is 0 Å². The molecule has 0 radical (unpaired) electrons. The van der Waals surface area contributed by atoms with Crippen molar-refractivity contribution < 1.29 is 0 Å². The van der Waals surface area contributed by atoms with Gasteiger partial charge in [-0.05, 0) is 31.7 Å². The first-order chi connectivity index (χ1) is 9.65. The van der Waals surface area contributed by atoms with E-state index in [-0.39, 0.29) is 0 Å². The van der Waals surface area contributed by atoms with Crippen LogP contribution in [0, 0.1) is 12.8 Å². The van der Waals surface area contributed by atoms with Gasteiger partial charge in [0.15, 0.2) is 11.3 Å². The predicted molar refractivity (Wildman–Crippen MR) is 78.7 cm³/mol. The molecule has 3 N–H and O–H groups in total. The molecule has 3 atom stereocenters.